The Morgan fingerprint density at radius 1 is 1.16 bits per heavy atom. The first-order valence-corrected chi connectivity index (χ1v) is 13.7. The second kappa shape index (κ2) is 13.2. The molecule has 2 aliphatic heterocycles. The van der Waals surface area contributed by atoms with E-state index in [2.05, 4.69) is 33.0 Å². The van der Waals surface area contributed by atoms with Crippen LogP contribution in [0.1, 0.15) is 58.8 Å². The van der Waals surface area contributed by atoms with Crippen molar-refractivity contribution in [3.8, 4) is 0 Å². The summed E-state index contributed by atoms with van der Waals surface area (Å²) in [7, 11) is 0. The molecule has 6 nitrogen and oxygen atoms in total. The van der Waals surface area contributed by atoms with Gasteiger partial charge in [-0.1, -0.05) is 31.9 Å². The summed E-state index contributed by atoms with van der Waals surface area (Å²) in [6.07, 6.45) is 11.2. The summed E-state index contributed by atoms with van der Waals surface area (Å²) in [6, 6.07) is 0. The molecular weight excluding hydrogens is 432 g/mol. The lowest BCUT2D eigenvalue weighted by Gasteiger charge is -2.35. The van der Waals surface area contributed by atoms with E-state index in [1.807, 2.05) is 0 Å². The van der Waals surface area contributed by atoms with Gasteiger partial charge in [0, 0.05) is 50.8 Å². The van der Waals surface area contributed by atoms with Crippen molar-refractivity contribution in [1.29, 1.82) is 0 Å². The lowest BCUT2D eigenvalue weighted by atomic mass is 9.84. The first kappa shape index (κ1) is 25.0. The zero-order valence-electron chi connectivity index (χ0n) is 19.2. The number of hydrogen-bond acceptors (Lipinski definition) is 6. The van der Waals surface area contributed by atoms with Crippen LogP contribution in [-0.4, -0.2) is 64.0 Å². The van der Waals surface area contributed by atoms with Crippen molar-refractivity contribution < 1.29 is 9.29 Å². The minimum Gasteiger partial charge on any atom is -0.598 e. The van der Waals surface area contributed by atoms with E-state index >= 15 is 0 Å². The van der Waals surface area contributed by atoms with Crippen molar-refractivity contribution in [3.63, 3.8) is 0 Å². The number of nitrogens with zero attached hydrogens (tertiary/aromatic N) is 4. The molecule has 2 saturated heterocycles. The predicted octanol–water partition coefficient (Wildman–Crippen LogP) is 4.57. The smallest absolute Gasteiger partial charge is 0.225 e. The molecule has 176 valence electrons. The molecule has 0 spiro atoms. The molecule has 1 aromatic heterocycles. The zero-order valence-corrected chi connectivity index (χ0v) is 20.8. The van der Waals surface area contributed by atoms with Crippen LogP contribution in [0.5, 0.6) is 0 Å². The van der Waals surface area contributed by atoms with Gasteiger partial charge in [-0.15, -0.1) is 4.31 Å². The minimum absolute atomic E-state index is 0.583. The molecule has 0 radical (unpaired) electrons. The van der Waals surface area contributed by atoms with Crippen LogP contribution in [0.3, 0.4) is 0 Å². The Hall–Kier alpha value is -0.600. The molecule has 0 saturated carbocycles. The highest BCUT2D eigenvalue weighted by Crippen LogP contribution is 2.29. The lowest BCUT2D eigenvalue weighted by molar-refractivity contribution is 0.0658. The molecule has 0 aliphatic carbocycles. The average Bonchev–Trinajstić information content (AvgIpc) is 2.81. The van der Waals surface area contributed by atoms with Gasteiger partial charge in [0.05, 0.1) is 17.4 Å². The van der Waals surface area contributed by atoms with E-state index in [-0.39, 0.29) is 0 Å². The Morgan fingerprint density at radius 3 is 2.48 bits per heavy atom. The molecule has 1 aromatic rings. The molecule has 1 unspecified atom stereocenters. The van der Waals surface area contributed by atoms with Crippen LogP contribution < -0.4 is 4.90 Å². The highest BCUT2D eigenvalue weighted by atomic mass is 35.5. The van der Waals surface area contributed by atoms with Crippen molar-refractivity contribution >= 4 is 28.9 Å². The van der Waals surface area contributed by atoms with Crippen LogP contribution in [0.15, 0.2) is 12.4 Å². The van der Waals surface area contributed by atoms with E-state index in [4.69, 9.17) is 16.3 Å². The van der Waals surface area contributed by atoms with Gasteiger partial charge in [-0.25, -0.2) is 9.97 Å². The molecule has 0 aromatic carbocycles. The Labute approximate surface area is 196 Å². The number of unbranched alkanes of at least 4 members (excludes halogenated alkanes) is 1. The Kier molecular flexibility index (Phi) is 10.7. The molecular formula is C23H39ClN4O2S. The zero-order chi connectivity index (χ0) is 22.1. The summed E-state index contributed by atoms with van der Waals surface area (Å²) in [5.74, 6) is 3.65. The second-order valence-corrected chi connectivity index (χ2v) is 11.1. The molecule has 8 heteroatoms. The van der Waals surface area contributed by atoms with Gasteiger partial charge in [-0.2, -0.15) is 0 Å². The van der Waals surface area contributed by atoms with Gasteiger partial charge < -0.3 is 14.2 Å². The number of ether oxygens (including phenoxy) is 1. The molecule has 31 heavy (non-hydrogen) atoms. The Bertz CT molecular complexity index is 623. The number of hydrogen-bond donors (Lipinski definition) is 0. The van der Waals surface area contributed by atoms with E-state index in [1.54, 1.807) is 12.4 Å². The van der Waals surface area contributed by atoms with Crippen LogP contribution in [0.4, 0.5) is 5.95 Å². The van der Waals surface area contributed by atoms with Gasteiger partial charge >= 0.3 is 0 Å². The molecule has 0 bridgehead atoms. The van der Waals surface area contributed by atoms with E-state index in [0.29, 0.717) is 16.9 Å². The summed E-state index contributed by atoms with van der Waals surface area (Å²) < 4.78 is 20.5. The van der Waals surface area contributed by atoms with Crippen molar-refractivity contribution in [2.45, 2.75) is 58.8 Å². The molecule has 0 amide bonds. The fraction of sp³-hybridized carbons (Fsp3) is 0.826. The summed E-state index contributed by atoms with van der Waals surface area (Å²) in [5, 5.41) is 0.583. The van der Waals surface area contributed by atoms with Gasteiger partial charge in [0.25, 0.3) is 0 Å². The van der Waals surface area contributed by atoms with Gasteiger partial charge in [-0.05, 0) is 56.3 Å². The standard InChI is InChI=1S/C23H39ClN4O2S/c1-3-4-15-31(29)28-12-5-20(6-13-28)18-30-14-9-19(2)21-7-10-27(11-8-21)23-25-16-22(24)17-26-23/h16-17,19-21H,3-15,18H2,1-2H3/t19-,31?/m0/s1. The number of rotatable bonds is 11. The third-order valence-corrected chi connectivity index (χ3v) is 8.61. The summed E-state index contributed by atoms with van der Waals surface area (Å²) in [6.45, 7) is 10.2. The van der Waals surface area contributed by atoms with Crippen LogP contribution in [0.25, 0.3) is 0 Å². The largest absolute Gasteiger partial charge is 0.598 e. The third-order valence-electron chi connectivity index (χ3n) is 6.84. The first-order valence-electron chi connectivity index (χ1n) is 12.0. The van der Waals surface area contributed by atoms with Gasteiger partial charge in [0.2, 0.25) is 5.95 Å². The number of halogens is 1. The summed E-state index contributed by atoms with van der Waals surface area (Å²) in [5.41, 5.74) is 0. The SMILES string of the molecule is CCCC[S+]([O-])N1CCC(COCC[C@H](C)C2CCN(c3ncc(Cl)cn3)CC2)CC1. The van der Waals surface area contributed by atoms with Crippen molar-refractivity contribution in [2.75, 3.05) is 50.0 Å². The number of aromatic nitrogens is 2. The minimum atomic E-state index is -0.779. The van der Waals surface area contributed by atoms with Crippen LogP contribution in [0, 0.1) is 17.8 Å². The molecule has 3 rings (SSSR count). The van der Waals surface area contributed by atoms with Crippen molar-refractivity contribution in [2.24, 2.45) is 17.8 Å². The molecule has 2 fully saturated rings. The Balaban J connectivity index is 1.26. The van der Waals surface area contributed by atoms with Gasteiger partial charge in [-0.3, -0.25) is 0 Å². The summed E-state index contributed by atoms with van der Waals surface area (Å²) in [4.78, 5) is 11.0. The van der Waals surface area contributed by atoms with E-state index in [1.165, 1.54) is 12.8 Å². The normalized spacial score (nSPS) is 21.4. The van der Waals surface area contributed by atoms with E-state index in [0.717, 1.165) is 89.1 Å². The van der Waals surface area contributed by atoms with Crippen molar-refractivity contribution in [1.82, 2.24) is 14.3 Å². The summed E-state index contributed by atoms with van der Waals surface area (Å²) >= 11 is 5.11. The number of piperidine rings is 2. The van der Waals surface area contributed by atoms with Crippen LogP contribution >= 0.6 is 11.6 Å². The second-order valence-electron chi connectivity index (χ2n) is 9.12. The molecule has 3 heterocycles. The van der Waals surface area contributed by atoms with E-state index in [9.17, 15) is 4.55 Å². The third kappa shape index (κ3) is 8.04. The van der Waals surface area contributed by atoms with Crippen LogP contribution in [0.2, 0.25) is 5.02 Å². The predicted molar refractivity (Wildman–Crippen MR) is 129 cm³/mol. The fourth-order valence-electron chi connectivity index (χ4n) is 4.57. The fourth-order valence-corrected chi connectivity index (χ4v) is 6.08. The van der Waals surface area contributed by atoms with Crippen LogP contribution in [-0.2, 0) is 16.1 Å². The topological polar surface area (TPSA) is 64.6 Å². The lowest BCUT2D eigenvalue weighted by Crippen LogP contribution is -2.40. The van der Waals surface area contributed by atoms with E-state index < -0.39 is 11.4 Å². The maximum Gasteiger partial charge on any atom is 0.225 e. The highest BCUT2D eigenvalue weighted by molar-refractivity contribution is 7.89. The van der Waals surface area contributed by atoms with Gasteiger partial charge in [0.15, 0.2) is 0 Å². The Morgan fingerprint density at radius 2 is 1.84 bits per heavy atom. The highest BCUT2D eigenvalue weighted by Gasteiger charge is 2.27. The molecule has 2 atom stereocenters. The molecule has 0 N–H and O–H groups in total. The molecule has 2 aliphatic rings. The maximum absolute atomic E-state index is 12.3. The number of anilines is 1. The van der Waals surface area contributed by atoms with Crippen molar-refractivity contribution in [3.05, 3.63) is 17.4 Å². The monoisotopic (exact) mass is 470 g/mol. The maximum atomic E-state index is 12.3. The first-order chi connectivity index (χ1) is 15.1. The average molecular weight is 471 g/mol. The van der Waals surface area contributed by atoms with Gasteiger partial charge in [0.1, 0.15) is 5.75 Å². The quantitative estimate of drug-likeness (QED) is 0.348.